The van der Waals surface area contributed by atoms with Gasteiger partial charge < -0.3 is 0 Å². The highest BCUT2D eigenvalue weighted by molar-refractivity contribution is 5.11. The van der Waals surface area contributed by atoms with Gasteiger partial charge in [0.05, 0.1) is 11.4 Å². The highest BCUT2D eigenvalue weighted by Gasteiger charge is 2.18. The first-order valence-corrected chi connectivity index (χ1v) is 4.51. The van der Waals surface area contributed by atoms with Gasteiger partial charge in [-0.1, -0.05) is 6.92 Å². The third kappa shape index (κ3) is 1.34. The molecular weight excluding hydrogens is 152 g/mol. The number of rotatable bonds is 2. The van der Waals surface area contributed by atoms with Crippen LogP contribution < -0.4 is 0 Å². The molecule has 1 aliphatic rings. The molecule has 0 saturated carbocycles. The Bertz CT molecular complexity index is 255. The highest BCUT2D eigenvalue weighted by atomic mass is 15.3. The maximum atomic E-state index is 4.11. The summed E-state index contributed by atoms with van der Waals surface area (Å²) in [4.78, 5) is 2.42. The standard InChI is InChI=1S/C8H14N4/c1-2-4-12-5-3-7-8(6-12)10-11-9-7/h2-6H2,1H3,(H,9,10,11). The van der Waals surface area contributed by atoms with Crippen LogP contribution in [0.4, 0.5) is 0 Å². The minimum absolute atomic E-state index is 0.972. The molecule has 12 heavy (non-hydrogen) atoms. The summed E-state index contributed by atoms with van der Waals surface area (Å²) in [7, 11) is 0. The quantitative estimate of drug-likeness (QED) is 0.698. The Morgan fingerprint density at radius 2 is 2.25 bits per heavy atom. The molecule has 0 bridgehead atoms. The fraction of sp³-hybridized carbons (Fsp3) is 0.750. The Hall–Kier alpha value is -0.900. The highest BCUT2D eigenvalue weighted by Crippen LogP contribution is 2.13. The number of H-pyrrole nitrogens is 1. The van der Waals surface area contributed by atoms with Gasteiger partial charge in [-0.3, -0.25) is 4.90 Å². The van der Waals surface area contributed by atoms with E-state index in [0.29, 0.717) is 0 Å². The lowest BCUT2D eigenvalue weighted by atomic mass is 10.1. The molecule has 0 unspecified atom stereocenters. The predicted molar refractivity (Wildman–Crippen MR) is 45.7 cm³/mol. The molecule has 0 atom stereocenters. The summed E-state index contributed by atoms with van der Waals surface area (Å²) in [6, 6.07) is 0. The second kappa shape index (κ2) is 3.23. The maximum Gasteiger partial charge on any atom is 0.0997 e. The molecule has 1 aromatic heterocycles. The van der Waals surface area contributed by atoms with Crippen LogP contribution in [-0.4, -0.2) is 33.4 Å². The van der Waals surface area contributed by atoms with Crippen molar-refractivity contribution in [3.05, 3.63) is 11.4 Å². The van der Waals surface area contributed by atoms with E-state index in [9.17, 15) is 0 Å². The molecule has 0 saturated heterocycles. The van der Waals surface area contributed by atoms with E-state index in [2.05, 4.69) is 27.2 Å². The number of nitrogens with one attached hydrogen (secondary N) is 1. The number of hydrogen-bond donors (Lipinski definition) is 1. The Labute approximate surface area is 72.0 Å². The summed E-state index contributed by atoms with van der Waals surface area (Å²) < 4.78 is 0. The fourth-order valence-electron chi connectivity index (χ4n) is 1.66. The lowest BCUT2D eigenvalue weighted by molar-refractivity contribution is 0.250. The number of hydrogen-bond acceptors (Lipinski definition) is 3. The molecule has 0 aromatic carbocycles. The third-order valence-electron chi connectivity index (χ3n) is 2.28. The molecule has 0 fully saturated rings. The molecule has 1 aliphatic heterocycles. The minimum atomic E-state index is 0.972. The summed E-state index contributed by atoms with van der Waals surface area (Å²) in [5.41, 5.74) is 2.29. The zero-order chi connectivity index (χ0) is 8.39. The normalized spacial score (nSPS) is 17.8. The van der Waals surface area contributed by atoms with Crippen molar-refractivity contribution in [2.45, 2.75) is 26.3 Å². The zero-order valence-corrected chi connectivity index (χ0v) is 7.38. The zero-order valence-electron chi connectivity index (χ0n) is 7.38. The first kappa shape index (κ1) is 7.73. The van der Waals surface area contributed by atoms with E-state index < -0.39 is 0 Å². The topological polar surface area (TPSA) is 44.8 Å². The lowest BCUT2D eigenvalue weighted by Crippen LogP contribution is -2.31. The third-order valence-corrected chi connectivity index (χ3v) is 2.28. The van der Waals surface area contributed by atoms with Gasteiger partial charge >= 0.3 is 0 Å². The molecule has 2 heterocycles. The number of aromatic amines is 1. The van der Waals surface area contributed by atoms with Gasteiger partial charge in [-0.15, -0.1) is 0 Å². The van der Waals surface area contributed by atoms with Crippen LogP contribution in [-0.2, 0) is 13.0 Å². The smallest absolute Gasteiger partial charge is 0.0997 e. The van der Waals surface area contributed by atoms with E-state index in [-0.39, 0.29) is 0 Å². The van der Waals surface area contributed by atoms with Gasteiger partial charge in [-0.2, -0.15) is 15.4 Å². The minimum Gasteiger partial charge on any atom is -0.297 e. The second-order valence-electron chi connectivity index (χ2n) is 3.24. The van der Waals surface area contributed by atoms with E-state index >= 15 is 0 Å². The van der Waals surface area contributed by atoms with Crippen molar-refractivity contribution in [2.75, 3.05) is 13.1 Å². The molecule has 0 aliphatic carbocycles. The van der Waals surface area contributed by atoms with Gasteiger partial charge in [0, 0.05) is 19.5 Å². The van der Waals surface area contributed by atoms with Crippen molar-refractivity contribution in [2.24, 2.45) is 0 Å². The van der Waals surface area contributed by atoms with Crippen LogP contribution in [0.25, 0.3) is 0 Å². The number of aromatic nitrogens is 3. The molecular formula is C8H14N4. The Morgan fingerprint density at radius 1 is 1.42 bits per heavy atom. The summed E-state index contributed by atoms with van der Waals surface area (Å²) in [6.07, 6.45) is 2.26. The van der Waals surface area contributed by atoms with E-state index in [4.69, 9.17) is 0 Å². The molecule has 2 rings (SSSR count). The second-order valence-corrected chi connectivity index (χ2v) is 3.24. The van der Waals surface area contributed by atoms with Crippen molar-refractivity contribution >= 4 is 0 Å². The van der Waals surface area contributed by atoms with Crippen molar-refractivity contribution in [1.82, 2.24) is 20.3 Å². The van der Waals surface area contributed by atoms with E-state index in [0.717, 1.165) is 30.9 Å². The van der Waals surface area contributed by atoms with E-state index in [1.165, 1.54) is 13.0 Å². The molecule has 4 nitrogen and oxygen atoms in total. The Morgan fingerprint density at radius 3 is 3.08 bits per heavy atom. The molecule has 1 N–H and O–H groups in total. The fourth-order valence-corrected chi connectivity index (χ4v) is 1.66. The summed E-state index contributed by atoms with van der Waals surface area (Å²) in [5.74, 6) is 0. The average molecular weight is 166 g/mol. The Balaban J connectivity index is 2.05. The van der Waals surface area contributed by atoms with Crippen molar-refractivity contribution in [1.29, 1.82) is 0 Å². The van der Waals surface area contributed by atoms with Gasteiger partial charge in [-0.05, 0) is 13.0 Å². The predicted octanol–water partition coefficient (Wildman–Crippen LogP) is 0.573. The Kier molecular flexibility index (Phi) is 2.08. The molecule has 1 aromatic rings. The van der Waals surface area contributed by atoms with Crippen molar-refractivity contribution in [3.8, 4) is 0 Å². The lowest BCUT2D eigenvalue weighted by Gasteiger charge is -2.24. The first-order chi connectivity index (χ1) is 5.90. The largest absolute Gasteiger partial charge is 0.297 e. The molecule has 0 radical (unpaired) electrons. The summed E-state index contributed by atoms with van der Waals surface area (Å²) in [6.45, 7) is 5.48. The van der Waals surface area contributed by atoms with Crippen LogP contribution in [0.3, 0.4) is 0 Å². The monoisotopic (exact) mass is 166 g/mol. The summed E-state index contributed by atoms with van der Waals surface area (Å²) >= 11 is 0. The van der Waals surface area contributed by atoms with Gasteiger partial charge in [0.1, 0.15) is 0 Å². The molecule has 0 amide bonds. The van der Waals surface area contributed by atoms with Crippen LogP contribution in [0, 0.1) is 0 Å². The summed E-state index contributed by atoms with van der Waals surface area (Å²) in [5, 5.41) is 10.9. The van der Waals surface area contributed by atoms with Gasteiger partial charge in [-0.25, -0.2) is 0 Å². The van der Waals surface area contributed by atoms with Crippen molar-refractivity contribution in [3.63, 3.8) is 0 Å². The molecule has 66 valence electrons. The first-order valence-electron chi connectivity index (χ1n) is 4.51. The molecule has 4 heteroatoms. The van der Waals surface area contributed by atoms with Gasteiger partial charge in [0.2, 0.25) is 0 Å². The van der Waals surface area contributed by atoms with E-state index in [1.807, 2.05) is 0 Å². The van der Waals surface area contributed by atoms with Crippen LogP contribution in [0.2, 0.25) is 0 Å². The molecule has 0 spiro atoms. The van der Waals surface area contributed by atoms with Crippen LogP contribution in [0.15, 0.2) is 0 Å². The van der Waals surface area contributed by atoms with E-state index in [1.54, 1.807) is 0 Å². The maximum absolute atomic E-state index is 4.11. The van der Waals surface area contributed by atoms with Gasteiger partial charge in [0.25, 0.3) is 0 Å². The van der Waals surface area contributed by atoms with Crippen LogP contribution >= 0.6 is 0 Å². The number of fused-ring (bicyclic) bond motifs is 1. The van der Waals surface area contributed by atoms with Crippen LogP contribution in [0.1, 0.15) is 24.7 Å². The number of nitrogens with zero attached hydrogens (tertiary/aromatic N) is 3. The average Bonchev–Trinajstić information content (AvgIpc) is 2.51. The van der Waals surface area contributed by atoms with Crippen LogP contribution in [0.5, 0.6) is 0 Å². The van der Waals surface area contributed by atoms with Gasteiger partial charge in [0.15, 0.2) is 0 Å². The van der Waals surface area contributed by atoms with Crippen molar-refractivity contribution < 1.29 is 0 Å². The SMILES string of the molecule is CCCN1CCc2n[nH]nc2C1.